The average molecular weight is 343 g/mol. The number of aromatic nitrogens is 4. The molecule has 0 unspecified atom stereocenters. The van der Waals surface area contributed by atoms with Gasteiger partial charge in [-0.05, 0) is 12.1 Å². The predicted octanol–water partition coefficient (Wildman–Crippen LogP) is -0.0674. The second kappa shape index (κ2) is 6.94. The maximum absolute atomic E-state index is 12.5. The van der Waals surface area contributed by atoms with Crippen molar-refractivity contribution in [2.45, 2.75) is 6.54 Å². The Labute approximate surface area is 144 Å². The molecule has 0 fully saturated rings. The summed E-state index contributed by atoms with van der Waals surface area (Å²) in [5.74, 6) is 0. The van der Waals surface area contributed by atoms with Crippen LogP contribution < -0.4 is 16.1 Å². The molecule has 3 aromatic rings. The fourth-order valence-electron chi connectivity index (χ4n) is 2.92. The molecular weight excluding hydrogens is 322 g/mol. The first-order valence-electron chi connectivity index (χ1n) is 8.06. The van der Waals surface area contributed by atoms with Crippen molar-refractivity contribution in [3.63, 3.8) is 0 Å². The largest absolute Gasteiger partial charge is 0.395 e. The lowest BCUT2D eigenvalue weighted by Gasteiger charge is -2.24. The van der Waals surface area contributed by atoms with E-state index in [2.05, 4.69) is 4.98 Å². The molecule has 132 valence electrons. The van der Waals surface area contributed by atoms with Gasteiger partial charge in [0.1, 0.15) is 0 Å². The van der Waals surface area contributed by atoms with Crippen LogP contribution in [0.15, 0.2) is 46.2 Å². The van der Waals surface area contributed by atoms with Crippen molar-refractivity contribution >= 4 is 16.9 Å². The zero-order chi connectivity index (χ0) is 18.0. The Morgan fingerprint density at radius 2 is 1.80 bits per heavy atom. The molecule has 0 spiro atoms. The summed E-state index contributed by atoms with van der Waals surface area (Å²) in [5.41, 5.74) is 1.03. The number of anilines is 1. The summed E-state index contributed by atoms with van der Waals surface area (Å²) in [4.78, 5) is 30.7. The van der Waals surface area contributed by atoms with Gasteiger partial charge in [-0.1, -0.05) is 18.2 Å². The summed E-state index contributed by atoms with van der Waals surface area (Å²) >= 11 is 0. The van der Waals surface area contributed by atoms with Crippen LogP contribution in [0.5, 0.6) is 0 Å². The van der Waals surface area contributed by atoms with Gasteiger partial charge in [-0.3, -0.25) is 13.9 Å². The maximum atomic E-state index is 12.5. The summed E-state index contributed by atoms with van der Waals surface area (Å²) in [6, 6.07) is 9.78. The summed E-state index contributed by atoms with van der Waals surface area (Å²) in [7, 11) is 3.06. The SMILES string of the molecule is Cn1c(=O)c2c(ncn2CCN(CCO)c2ccccc2)n(C)c1=O. The van der Waals surface area contributed by atoms with Crippen molar-refractivity contribution in [3.8, 4) is 0 Å². The van der Waals surface area contributed by atoms with Crippen LogP contribution in [0.4, 0.5) is 5.69 Å². The van der Waals surface area contributed by atoms with Gasteiger partial charge in [0.25, 0.3) is 5.56 Å². The second-order valence-electron chi connectivity index (χ2n) is 5.86. The molecule has 0 saturated carbocycles. The predicted molar refractivity (Wildman–Crippen MR) is 96.0 cm³/mol. The van der Waals surface area contributed by atoms with Crippen LogP contribution in [-0.4, -0.2) is 43.5 Å². The van der Waals surface area contributed by atoms with E-state index in [0.29, 0.717) is 30.8 Å². The molecule has 25 heavy (non-hydrogen) atoms. The van der Waals surface area contributed by atoms with Crippen molar-refractivity contribution in [1.29, 1.82) is 0 Å². The van der Waals surface area contributed by atoms with Crippen LogP contribution in [0, 0.1) is 0 Å². The number of aliphatic hydroxyl groups excluding tert-OH is 1. The minimum atomic E-state index is -0.394. The van der Waals surface area contributed by atoms with E-state index in [9.17, 15) is 14.7 Å². The Hall–Kier alpha value is -2.87. The smallest absolute Gasteiger partial charge is 0.332 e. The van der Waals surface area contributed by atoms with E-state index in [-0.39, 0.29) is 12.2 Å². The number of benzene rings is 1. The number of hydrogen-bond donors (Lipinski definition) is 1. The first kappa shape index (κ1) is 17.0. The van der Waals surface area contributed by atoms with Gasteiger partial charge in [-0.15, -0.1) is 0 Å². The lowest BCUT2D eigenvalue weighted by atomic mass is 10.3. The Morgan fingerprint density at radius 3 is 2.48 bits per heavy atom. The van der Waals surface area contributed by atoms with Gasteiger partial charge >= 0.3 is 5.69 Å². The van der Waals surface area contributed by atoms with E-state index in [1.165, 1.54) is 11.6 Å². The quantitative estimate of drug-likeness (QED) is 0.677. The van der Waals surface area contributed by atoms with Gasteiger partial charge in [0, 0.05) is 39.4 Å². The lowest BCUT2D eigenvalue weighted by Crippen LogP contribution is -2.38. The van der Waals surface area contributed by atoms with Crippen LogP contribution in [0.1, 0.15) is 0 Å². The molecule has 2 heterocycles. The zero-order valence-electron chi connectivity index (χ0n) is 14.3. The molecule has 0 amide bonds. The molecule has 0 atom stereocenters. The lowest BCUT2D eigenvalue weighted by molar-refractivity contribution is 0.301. The fraction of sp³-hybridized carbons (Fsp3) is 0.353. The minimum absolute atomic E-state index is 0.0375. The van der Waals surface area contributed by atoms with Gasteiger partial charge in [-0.25, -0.2) is 9.78 Å². The molecule has 0 aliphatic heterocycles. The third-order valence-electron chi connectivity index (χ3n) is 4.32. The fourth-order valence-corrected chi connectivity index (χ4v) is 2.92. The van der Waals surface area contributed by atoms with Gasteiger partial charge in [0.2, 0.25) is 0 Å². The number of rotatable bonds is 6. The molecule has 8 nitrogen and oxygen atoms in total. The van der Waals surface area contributed by atoms with Gasteiger partial charge in [0.15, 0.2) is 11.2 Å². The van der Waals surface area contributed by atoms with Gasteiger partial charge in [0.05, 0.1) is 12.9 Å². The molecule has 8 heteroatoms. The van der Waals surface area contributed by atoms with Gasteiger partial charge in [-0.2, -0.15) is 0 Å². The number of fused-ring (bicyclic) bond motifs is 1. The Kier molecular flexibility index (Phi) is 4.71. The molecular formula is C17H21N5O3. The Balaban J connectivity index is 1.93. The number of aryl methyl sites for hydroxylation is 1. The summed E-state index contributed by atoms with van der Waals surface area (Å²) in [5, 5.41) is 9.32. The first-order valence-corrected chi connectivity index (χ1v) is 8.06. The topological polar surface area (TPSA) is 85.3 Å². The van der Waals surface area contributed by atoms with Crippen molar-refractivity contribution in [2.24, 2.45) is 14.1 Å². The van der Waals surface area contributed by atoms with Crippen molar-refractivity contribution in [2.75, 3.05) is 24.6 Å². The first-order chi connectivity index (χ1) is 12.0. The summed E-state index contributed by atoms with van der Waals surface area (Å²) < 4.78 is 4.21. The van der Waals surface area contributed by atoms with Crippen molar-refractivity contribution in [3.05, 3.63) is 57.5 Å². The van der Waals surface area contributed by atoms with Crippen LogP contribution in [-0.2, 0) is 20.6 Å². The number of hydrogen-bond acceptors (Lipinski definition) is 5. The third kappa shape index (κ3) is 3.08. The molecule has 1 N–H and O–H groups in total. The zero-order valence-corrected chi connectivity index (χ0v) is 14.3. The molecule has 0 bridgehead atoms. The number of imidazole rings is 1. The Morgan fingerprint density at radius 1 is 1.08 bits per heavy atom. The van der Waals surface area contributed by atoms with E-state index in [0.717, 1.165) is 10.3 Å². The van der Waals surface area contributed by atoms with Crippen molar-refractivity contribution < 1.29 is 5.11 Å². The maximum Gasteiger partial charge on any atom is 0.332 e. The molecule has 2 aromatic heterocycles. The van der Waals surface area contributed by atoms with Crippen molar-refractivity contribution in [1.82, 2.24) is 18.7 Å². The highest BCUT2D eigenvalue weighted by Gasteiger charge is 2.15. The highest BCUT2D eigenvalue weighted by Crippen LogP contribution is 2.13. The molecule has 0 aliphatic rings. The Bertz CT molecular complexity index is 987. The van der Waals surface area contributed by atoms with Crippen LogP contribution in [0.2, 0.25) is 0 Å². The van der Waals surface area contributed by atoms with E-state index < -0.39 is 5.69 Å². The average Bonchev–Trinajstić information content (AvgIpc) is 3.06. The highest BCUT2D eigenvalue weighted by molar-refractivity contribution is 5.69. The van der Waals surface area contributed by atoms with Gasteiger partial charge < -0.3 is 14.6 Å². The minimum Gasteiger partial charge on any atom is -0.395 e. The summed E-state index contributed by atoms with van der Waals surface area (Å²) in [6.07, 6.45) is 1.58. The molecule has 0 saturated heterocycles. The van der Waals surface area contributed by atoms with Crippen LogP contribution >= 0.6 is 0 Å². The number of nitrogens with zero attached hydrogens (tertiary/aromatic N) is 5. The highest BCUT2D eigenvalue weighted by atomic mass is 16.3. The molecule has 0 radical (unpaired) electrons. The number of para-hydroxylation sites is 1. The second-order valence-corrected chi connectivity index (χ2v) is 5.86. The standard InChI is InChI=1S/C17H21N5O3/c1-19-15-14(16(24)20(2)17(19)25)22(12-18-15)9-8-21(10-11-23)13-6-4-3-5-7-13/h3-7,12,23H,8-11H2,1-2H3. The molecule has 3 rings (SSSR count). The van der Waals surface area contributed by atoms with E-state index in [1.54, 1.807) is 17.9 Å². The van der Waals surface area contributed by atoms with Crippen LogP contribution in [0.25, 0.3) is 11.2 Å². The molecule has 0 aliphatic carbocycles. The van der Waals surface area contributed by atoms with E-state index >= 15 is 0 Å². The summed E-state index contributed by atoms with van der Waals surface area (Å²) in [6.45, 7) is 1.64. The molecule has 1 aromatic carbocycles. The monoisotopic (exact) mass is 343 g/mol. The normalized spacial score (nSPS) is 11.2. The van der Waals surface area contributed by atoms with E-state index in [1.807, 2.05) is 35.2 Å². The van der Waals surface area contributed by atoms with E-state index in [4.69, 9.17) is 0 Å². The van der Waals surface area contributed by atoms with Crippen LogP contribution in [0.3, 0.4) is 0 Å². The third-order valence-corrected chi connectivity index (χ3v) is 4.32. The number of aliphatic hydroxyl groups is 1.